The quantitative estimate of drug-likeness (QED) is 0.586. The normalized spacial score (nSPS) is 15.7. The molecule has 3 aromatic rings. The monoisotopic (exact) mass is 470 g/mol. The molecule has 2 amide bonds. The van der Waals surface area contributed by atoms with Gasteiger partial charge in [0.1, 0.15) is 22.3 Å². The molecule has 1 atom stereocenters. The number of carbonyl (C=O) groups excluding carboxylic acids is 2. The summed E-state index contributed by atoms with van der Waals surface area (Å²) in [5.41, 5.74) is 0.811. The van der Waals surface area contributed by atoms with Crippen LogP contribution in [0.3, 0.4) is 0 Å². The van der Waals surface area contributed by atoms with Crippen molar-refractivity contribution in [2.45, 2.75) is 18.8 Å². The Balaban J connectivity index is 1.45. The lowest BCUT2D eigenvalue weighted by atomic mass is 9.98. The maximum Gasteiger partial charge on any atom is 0.286 e. The molecule has 0 spiro atoms. The van der Waals surface area contributed by atoms with E-state index in [1.54, 1.807) is 36.3 Å². The maximum absolute atomic E-state index is 13.4. The Morgan fingerprint density at radius 3 is 2.76 bits per heavy atom. The Labute approximate surface area is 194 Å². The summed E-state index contributed by atoms with van der Waals surface area (Å²) >= 11 is 1.19. The Kier molecular flexibility index (Phi) is 6.83. The number of ether oxygens (including phenoxy) is 2. The van der Waals surface area contributed by atoms with Crippen LogP contribution in [0, 0.1) is 5.82 Å². The third-order valence-corrected chi connectivity index (χ3v) is 6.50. The van der Waals surface area contributed by atoms with Gasteiger partial charge >= 0.3 is 0 Å². The number of amides is 2. The predicted octanol–water partition coefficient (Wildman–Crippen LogP) is 3.97. The van der Waals surface area contributed by atoms with E-state index < -0.39 is 11.7 Å². The minimum absolute atomic E-state index is 0.0276. The molecule has 0 radical (unpaired) electrons. The van der Waals surface area contributed by atoms with E-state index in [0.29, 0.717) is 40.8 Å². The van der Waals surface area contributed by atoms with Crippen LogP contribution < -0.4 is 14.8 Å². The number of piperidine rings is 1. The summed E-state index contributed by atoms with van der Waals surface area (Å²) in [6.45, 7) is 1.09. The number of rotatable bonds is 6. The summed E-state index contributed by atoms with van der Waals surface area (Å²) in [5, 5.41) is 11.7. The zero-order valence-electron chi connectivity index (χ0n) is 18.2. The average Bonchev–Trinajstić information content (AvgIpc) is 3.34. The van der Waals surface area contributed by atoms with Crippen LogP contribution in [0.4, 0.5) is 10.1 Å². The van der Waals surface area contributed by atoms with E-state index in [1.807, 2.05) is 0 Å². The first-order chi connectivity index (χ1) is 16.0. The lowest BCUT2D eigenvalue weighted by molar-refractivity contribution is 0.0703. The minimum atomic E-state index is -0.448. The summed E-state index contributed by atoms with van der Waals surface area (Å²) in [5.74, 6) is 0.0155. The number of benzene rings is 2. The molecular weight excluding hydrogens is 447 g/mol. The SMILES string of the molecule is COc1ccc(C(=O)N2CCC[C@H](c3nnc(C(=O)Nc4cccc(F)c4)s3)C2)c(OC)c1. The van der Waals surface area contributed by atoms with E-state index in [-0.39, 0.29) is 16.8 Å². The van der Waals surface area contributed by atoms with Crippen molar-refractivity contribution in [1.29, 1.82) is 0 Å². The summed E-state index contributed by atoms with van der Waals surface area (Å²) in [4.78, 5) is 27.4. The second-order valence-corrected chi connectivity index (χ2v) is 8.58. The van der Waals surface area contributed by atoms with E-state index in [1.165, 1.54) is 36.6 Å². The molecule has 1 aliphatic rings. The molecule has 0 bridgehead atoms. The molecule has 1 saturated heterocycles. The van der Waals surface area contributed by atoms with Crippen LogP contribution in [-0.2, 0) is 0 Å². The maximum atomic E-state index is 13.4. The van der Waals surface area contributed by atoms with Crippen molar-refractivity contribution in [3.63, 3.8) is 0 Å². The first kappa shape index (κ1) is 22.7. The topological polar surface area (TPSA) is 93.7 Å². The minimum Gasteiger partial charge on any atom is -0.497 e. The van der Waals surface area contributed by atoms with Gasteiger partial charge in [0.25, 0.3) is 11.8 Å². The number of nitrogens with one attached hydrogen (secondary N) is 1. The summed E-state index contributed by atoms with van der Waals surface area (Å²) < 4.78 is 23.9. The zero-order valence-corrected chi connectivity index (χ0v) is 19.0. The van der Waals surface area contributed by atoms with Gasteiger partial charge in [-0.1, -0.05) is 17.4 Å². The lowest BCUT2D eigenvalue weighted by Crippen LogP contribution is -2.39. The smallest absolute Gasteiger partial charge is 0.286 e. The van der Waals surface area contributed by atoms with Crippen LogP contribution in [0.5, 0.6) is 11.5 Å². The van der Waals surface area contributed by atoms with E-state index in [2.05, 4.69) is 15.5 Å². The van der Waals surface area contributed by atoms with Crippen molar-refractivity contribution in [2.75, 3.05) is 32.6 Å². The molecule has 1 aromatic heterocycles. The number of nitrogens with zero attached hydrogens (tertiary/aromatic N) is 3. The van der Waals surface area contributed by atoms with Crippen LogP contribution in [0.15, 0.2) is 42.5 Å². The van der Waals surface area contributed by atoms with Crippen molar-refractivity contribution < 1.29 is 23.5 Å². The lowest BCUT2D eigenvalue weighted by Gasteiger charge is -2.32. The summed E-state index contributed by atoms with van der Waals surface area (Å²) in [6, 6.07) is 10.8. The number of anilines is 1. The molecule has 0 aliphatic carbocycles. The van der Waals surface area contributed by atoms with E-state index in [4.69, 9.17) is 9.47 Å². The van der Waals surface area contributed by atoms with Crippen LogP contribution in [-0.4, -0.2) is 54.2 Å². The van der Waals surface area contributed by atoms with Crippen molar-refractivity contribution in [3.8, 4) is 11.5 Å². The summed E-state index contributed by atoms with van der Waals surface area (Å²) in [7, 11) is 3.07. The van der Waals surface area contributed by atoms with E-state index in [0.717, 1.165) is 12.8 Å². The molecule has 2 heterocycles. The predicted molar refractivity (Wildman–Crippen MR) is 122 cm³/mol. The first-order valence-corrected chi connectivity index (χ1v) is 11.2. The molecule has 33 heavy (non-hydrogen) atoms. The van der Waals surface area contributed by atoms with Gasteiger partial charge in [0, 0.05) is 30.8 Å². The van der Waals surface area contributed by atoms with Crippen molar-refractivity contribution in [3.05, 3.63) is 63.9 Å². The molecule has 1 N–H and O–H groups in total. The van der Waals surface area contributed by atoms with Gasteiger partial charge in [-0.3, -0.25) is 9.59 Å². The Bertz CT molecular complexity index is 1170. The molecular formula is C23H23FN4O4S. The summed E-state index contributed by atoms with van der Waals surface area (Å²) in [6.07, 6.45) is 1.64. The fourth-order valence-corrected chi connectivity index (χ4v) is 4.62. The molecule has 0 saturated carbocycles. The number of hydrogen-bond acceptors (Lipinski definition) is 7. The van der Waals surface area contributed by atoms with Crippen LogP contribution in [0.2, 0.25) is 0 Å². The molecule has 10 heteroatoms. The van der Waals surface area contributed by atoms with Gasteiger partial charge in [-0.05, 0) is 43.2 Å². The molecule has 8 nitrogen and oxygen atoms in total. The molecule has 1 fully saturated rings. The number of hydrogen-bond donors (Lipinski definition) is 1. The van der Waals surface area contributed by atoms with Crippen molar-refractivity contribution >= 4 is 28.8 Å². The Morgan fingerprint density at radius 2 is 2.00 bits per heavy atom. The standard InChI is InChI=1S/C23H23FN4O4S/c1-31-17-8-9-18(19(12-17)32-2)23(30)28-10-4-5-14(13-28)21-26-27-22(33-21)20(29)25-16-7-3-6-15(24)11-16/h3,6-9,11-12,14H,4-5,10,13H2,1-2H3,(H,25,29)/t14-/m0/s1. The average molecular weight is 471 g/mol. The second-order valence-electron chi connectivity index (χ2n) is 7.57. The molecule has 4 rings (SSSR count). The van der Waals surface area contributed by atoms with Crippen LogP contribution in [0.25, 0.3) is 0 Å². The number of carbonyl (C=O) groups is 2. The molecule has 0 unspecified atom stereocenters. The van der Waals surface area contributed by atoms with Gasteiger partial charge in [-0.2, -0.15) is 0 Å². The van der Waals surface area contributed by atoms with Crippen LogP contribution in [0.1, 0.15) is 43.9 Å². The van der Waals surface area contributed by atoms with Gasteiger partial charge in [0.15, 0.2) is 0 Å². The van der Waals surface area contributed by atoms with Gasteiger partial charge < -0.3 is 19.7 Å². The third-order valence-electron chi connectivity index (χ3n) is 5.41. The first-order valence-electron chi connectivity index (χ1n) is 10.4. The number of likely N-dealkylation sites (tertiary alicyclic amines) is 1. The second kappa shape index (κ2) is 9.95. The highest BCUT2D eigenvalue weighted by molar-refractivity contribution is 7.13. The van der Waals surface area contributed by atoms with Crippen molar-refractivity contribution in [2.24, 2.45) is 0 Å². The van der Waals surface area contributed by atoms with E-state index >= 15 is 0 Å². The molecule has 1 aliphatic heterocycles. The highest BCUT2D eigenvalue weighted by atomic mass is 32.1. The van der Waals surface area contributed by atoms with Crippen LogP contribution >= 0.6 is 11.3 Å². The van der Waals surface area contributed by atoms with Crippen molar-refractivity contribution in [1.82, 2.24) is 15.1 Å². The van der Waals surface area contributed by atoms with Gasteiger partial charge in [-0.15, -0.1) is 10.2 Å². The number of aromatic nitrogens is 2. The van der Waals surface area contributed by atoms with Gasteiger partial charge in [0.2, 0.25) is 5.01 Å². The highest BCUT2D eigenvalue weighted by Gasteiger charge is 2.30. The fraction of sp³-hybridized carbons (Fsp3) is 0.304. The molecule has 172 valence electrons. The Hall–Kier alpha value is -3.53. The number of halogens is 1. The molecule has 2 aromatic carbocycles. The fourth-order valence-electron chi connectivity index (χ4n) is 3.75. The zero-order chi connectivity index (χ0) is 23.4. The van der Waals surface area contributed by atoms with Gasteiger partial charge in [-0.25, -0.2) is 4.39 Å². The van der Waals surface area contributed by atoms with Gasteiger partial charge in [0.05, 0.1) is 19.8 Å². The Morgan fingerprint density at radius 1 is 1.15 bits per heavy atom. The largest absolute Gasteiger partial charge is 0.497 e. The third kappa shape index (κ3) is 5.11. The number of methoxy groups -OCH3 is 2. The highest BCUT2D eigenvalue weighted by Crippen LogP contribution is 2.32. The van der Waals surface area contributed by atoms with E-state index in [9.17, 15) is 14.0 Å².